The van der Waals surface area contributed by atoms with E-state index in [9.17, 15) is 9.90 Å². The fraction of sp³-hybridized carbons (Fsp3) is 0.0625. The molecule has 1 amide bonds. The van der Waals surface area contributed by atoms with Gasteiger partial charge in [-0.3, -0.25) is 10.1 Å². The van der Waals surface area contributed by atoms with E-state index in [-0.39, 0.29) is 11.7 Å². The number of benzene rings is 2. The van der Waals surface area contributed by atoms with Crippen molar-refractivity contribution in [3.8, 4) is 16.3 Å². The number of aromatic nitrogens is 2. The topological polar surface area (TPSA) is 75.1 Å². The number of nitrogens with zero attached hydrogens (tertiary/aromatic N) is 2. The molecule has 0 aliphatic carbocycles. The van der Waals surface area contributed by atoms with Gasteiger partial charge in [0.15, 0.2) is 0 Å². The molecule has 0 aliphatic rings. The van der Waals surface area contributed by atoms with Gasteiger partial charge in [-0.05, 0) is 46.6 Å². The molecule has 0 fully saturated rings. The molecule has 3 rings (SSSR count). The standard InChI is InChI=1S/C16H12BrN3O2S/c1-9-4-2-7-12(17)13(9)14(22)18-16-20-19-15(23-16)10-5-3-6-11(21)8-10/h2-8,21H,1H3,(H,18,20,22). The second-order valence-corrected chi connectivity index (χ2v) is 6.68. The first-order valence-corrected chi connectivity index (χ1v) is 8.35. The maximum atomic E-state index is 12.4. The Hall–Kier alpha value is -2.25. The second-order valence-electron chi connectivity index (χ2n) is 4.85. The molecular formula is C16H12BrN3O2S. The number of hydrogen-bond acceptors (Lipinski definition) is 5. The number of halogens is 1. The fourth-order valence-corrected chi connectivity index (χ4v) is 3.49. The third-order valence-corrected chi connectivity index (χ3v) is 4.74. The smallest absolute Gasteiger partial charge is 0.258 e. The number of aromatic hydroxyl groups is 1. The summed E-state index contributed by atoms with van der Waals surface area (Å²) >= 11 is 4.64. The summed E-state index contributed by atoms with van der Waals surface area (Å²) in [4.78, 5) is 12.4. The van der Waals surface area contributed by atoms with Crippen LogP contribution in [0.1, 0.15) is 15.9 Å². The van der Waals surface area contributed by atoms with Gasteiger partial charge in [0.2, 0.25) is 5.13 Å². The molecule has 0 saturated heterocycles. The number of aryl methyl sites for hydroxylation is 1. The number of hydrogen-bond donors (Lipinski definition) is 2. The molecule has 0 unspecified atom stereocenters. The Balaban J connectivity index is 1.83. The van der Waals surface area contributed by atoms with E-state index in [0.29, 0.717) is 15.7 Å². The van der Waals surface area contributed by atoms with Crippen molar-refractivity contribution in [2.24, 2.45) is 0 Å². The first-order valence-electron chi connectivity index (χ1n) is 6.74. The maximum Gasteiger partial charge on any atom is 0.258 e. The van der Waals surface area contributed by atoms with Crippen LogP contribution in [0.3, 0.4) is 0 Å². The summed E-state index contributed by atoms with van der Waals surface area (Å²) in [6, 6.07) is 12.3. The SMILES string of the molecule is Cc1cccc(Br)c1C(=O)Nc1nnc(-c2cccc(O)c2)s1. The normalized spacial score (nSPS) is 10.5. The summed E-state index contributed by atoms with van der Waals surface area (Å²) in [5.41, 5.74) is 2.19. The number of carbonyl (C=O) groups excluding carboxylic acids is 1. The lowest BCUT2D eigenvalue weighted by molar-refractivity contribution is 0.102. The van der Waals surface area contributed by atoms with Crippen molar-refractivity contribution in [1.82, 2.24) is 10.2 Å². The van der Waals surface area contributed by atoms with Gasteiger partial charge in [-0.2, -0.15) is 0 Å². The molecule has 5 nitrogen and oxygen atoms in total. The monoisotopic (exact) mass is 389 g/mol. The third-order valence-electron chi connectivity index (χ3n) is 3.19. The summed E-state index contributed by atoms with van der Waals surface area (Å²) in [6.45, 7) is 1.87. The molecule has 3 aromatic rings. The number of amides is 1. The number of carbonyl (C=O) groups is 1. The Morgan fingerprint density at radius 1 is 1.22 bits per heavy atom. The highest BCUT2D eigenvalue weighted by Crippen LogP contribution is 2.29. The molecule has 2 aromatic carbocycles. The molecular weight excluding hydrogens is 378 g/mol. The minimum atomic E-state index is -0.242. The highest BCUT2D eigenvalue weighted by atomic mass is 79.9. The summed E-state index contributed by atoms with van der Waals surface area (Å²) in [6.07, 6.45) is 0. The largest absolute Gasteiger partial charge is 0.508 e. The van der Waals surface area contributed by atoms with Crippen molar-refractivity contribution in [2.75, 3.05) is 5.32 Å². The molecule has 1 heterocycles. The van der Waals surface area contributed by atoms with Gasteiger partial charge in [-0.1, -0.05) is 35.6 Å². The minimum absolute atomic E-state index is 0.159. The average molecular weight is 390 g/mol. The van der Waals surface area contributed by atoms with Crippen molar-refractivity contribution in [2.45, 2.75) is 6.92 Å². The van der Waals surface area contributed by atoms with Crippen molar-refractivity contribution in [3.63, 3.8) is 0 Å². The Bertz CT molecular complexity index is 859. The van der Waals surface area contributed by atoms with Crippen molar-refractivity contribution in [3.05, 3.63) is 58.1 Å². The van der Waals surface area contributed by atoms with Crippen LogP contribution in [0.4, 0.5) is 5.13 Å². The fourth-order valence-electron chi connectivity index (χ4n) is 2.11. The predicted molar refractivity (Wildman–Crippen MR) is 93.8 cm³/mol. The van der Waals surface area contributed by atoms with Crippen LogP contribution in [0.5, 0.6) is 5.75 Å². The van der Waals surface area contributed by atoms with E-state index in [2.05, 4.69) is 31.4 Å². The Labute approximate surface area is 145 Å². The van der Waals surface area contributed by atoms with E-state index in [4.69, 9.17) is 0 Å². The van der Waals surface area contributed by atoms with Gasteiger partial charge >= 0.3 is 0 Å². The van der Waals surface area contributed by atoms with E-state index >= 15 is 0 Å². The molecule has 2 N–H and O–H groups in total. The van der Waals surface area contributed by atoms with Crippen LogP contribution >= 0.6 is 27.3 Å². The highest BCUT2D eigenvalue weighted by Gasteiger charge is 2.15. The predicted octanol–water partition coefficient (Wildman–Crippen LogP) is 4.23. The molecule has 0 saturated carbocycles. The quantitative estimate of drug-likeness (QED) is 0.702. The van der Waals surface area contributed by atoms with Gasteiger partial charge in [0, 0.05) is 10.0 Å². The maximum absolute atomic E-state index is 12.4. The van der Waals surface area contributed by atoms with E-state index in [1.54, 1.807) is 18.2 Å². The molecule has 0 spiro atoms. The lowest BCUT2D eigenvalue weighted by Gasteiger charge is -2.06. The summed E-state index contributed by atoms with van der Waals surface area (Å²) in [7, 11) is 0. The third kappa shape index (κ3) is 3.40. The minimum Gasteiger partial charge on any atom is -0.508 e. The molecule has 0 atom stereocenters. The second kappa shape index (κ2) is 6.47. The van der Waals surface area contributed by atoms with Gasteiger partial charge in [0.1, 0.15) is 10.8 Å². The number of anilines is 1. The van der Waals surface area contributed by atoms with Crippen LogP contribution in [-0.2, 0) is 0 Å². The van der Waals surface area contributed by atoms with Crippen LogP contribution < -0.4 is 5.32 Å². The highest BCUT2D eigenvalue weighted by molar-refractivity contribution is 9.10. The zero-order valence-electron chi connectivity index (χ0n) is 12.1. The average Bonchev–Trinajstić information content (AvgIpc) is 2.95. The molecule has 1 aromatic heterocycles. The molecule has 0 radical (unpaired) electrons. The number of rotatable bonds is 3. The Morgan fingerprint density at radius 2 is 2.00 bits per heavy atom. The van der Waals surface area contributed by atoms with Crippen LogP contribution in [0, 0.1) is 6.92 Å². The molecule has 116 valence electrons. The first-order chi connectivity index (χ1) is 11.0. The van der Waals surface area contributed by atoms with Gasteiger partial charge in [-0.15, -0.1) is 10.2 Å². The van der Waals surface area contributed by atoms with Crippen LogP contribution in [-0.4, -0.2) is 21.2 Å². The lowest BCUT2D eigenvalue weighted by atomic mass is 10.1. The molecule has 7 heteroatoms. The lowest BCUT2D eigenvalue weighted by Crippen LogP contribution is -2.14. The van der Waals surface area contributed by atoms with Gasteiger partial charge in [0.25, 0.3) is 5.91 Å². The molecule has 23 heavy (non-hydrogen) atoms. The van der Waals surface area contributed by atoms with Crippen LogP contribution in [0.15, 0.2) is 46.9 Å². The van der Waals surface area contributed by atoms with E-state index in [1.807, 2.05) is 31.2 Å². The molecule has 0 aliphatic heterocycles. The number of phenolic OH excluding ortho intramolecular Hbond substituents is 1. The number of phenols is 1. The first kappa shape index (κ1) is 15.6. The van der Waals surface area contributed by atoms with Gasteiger partial charge in [0.05, 0.1) is 5.56 Å². The van der Waals surface area contributed by atoms with Crippen LogP contribution in [0.25, 0.3) is 10.6 Å². The summed E-state index contributed by atoms with van der Waals surface area (Å²) in [5, 5.41) is 21.3. The van der Waals surface area contributed by atoms with Gasteiger partial charge in [-0.25, -0.2) is 0 Å². The molecule has 0 bridgehead atoms. The van der Waals surface area contributed by atoms with Crippen molar-refractivity contribution in [1.29, 1.82) is 0 Å². The summed E-state index contributed by atoms with van der Waals surface area (Å²) < 4.78 is 0.729. The van der Waals surface area contributed by atoms with E-state index in [0.717, 1.165) is 15.6 Å². The zero-order chi connectivity index (χ0) is 16.4. The van der Waals surface area contributed by atoms with Crippen molar-refractivity contribution < 1.29 is 9.90 Å². The summed E-state index contributed by atoms with van der Waals surface area (Å²) in [5.74, 6) is -0.0827. The zero-order valence-corrected chi connectivity index (χ0v) is 14.5. The van der Waals surface area contributed by atoms with Crippen molar-refractivity contribution >= 4 is 38.3 Å². The Morgan fingerprint density at radius 3 is 2.74 bits per heavy atom. The van der Waals surface area contributed by atoms with E-state index < -0.39 is 0 Å². The number of nitrogens with one attached hydrogen (secondary N) is 1. The van der Waals surface area contributed by atoms with Crippen LogP contribution in [0.2, 0.25) is 0 Å². The van der Waals surface area contributed by atoms with E-state index in [1.165, 1.54) is 11.3 Å². The Kier molecular flexibility index (Phi) is 4.40. The van der Waals surface area contributed by atoms with Gasteiger partial charge < -0.3 is 5.11 Å².